The van der Waals surface area contributed by atoms with Gasteiger partial charge in [0.05, 0.1) is 13.0 Å². The van der Waals surface area contributed by atoms with E-state index in [0.717, 1.165) is 44.5 Å². The number of aliphatic carboxylic acids is 1. The van der Waals surface area contributed by atoms with Gasteiger partial charge in [0.15, 0.2) is 0 Å². The van der Waals surface area contributed by atoms with Gasteiger partial charge in [-0.3, -0.25) is 9.69 Å². The van der Waals surface area contributed by atoms with Crippen molar-refractivity contribution in [2.24, 2.45) is 0 Å². The van der Waals surface area contributed by atoms with Crippen LogP contribution >= 0.6 is 0 Å². The molecule has 0 amide bonds. The Hall–Kier alpha value is -2.85. The molecule has 1 unspecified atom stereocenters. The van der Waals surface area contributed by atoms with Gasteiger partial charge in [0.1, 0.15) is 5.75 Å². The predicted molar refractivity (Wildman–Crippen MR) is 156 cm³/mol. The molecule has 3 rings (SSSR count). The summed E-state index contributed by atoms with van der Waals surface area (Å²) in [5, 5.41) is 8.92. The van der Waals surface area contributed by atoms with Crippen LogP contribution in [0.1, 0.15) is 88.1 Å². The van der Waals surface area contributed by atoms with Crippen molar-refractivity contribution in [3.63, 3.8) is 0 Å². The molecular weight excluding hydrogens is 458 g/mol. The monoisotopic (exact) mass is 505 g/mol. The Morgan fingerprint density at radius 3 is 2.62 bits per heavy atom. The highest BCUT2D eigenvalue weighted by molar-refractivity contribution is 5.66. The smallest absolute Gasteiger partial charge is 0.304 e. The van der Waals surface area contributed by atoms with E-state index in [0.29, 0.717) is 19.1 Å². The van der Waals surface area contributed by atoms with Crippen molar-refractivity contribution in [2.45, 2.75) is 86.1 Å². The largest absolute Gasteiger partial charge is 0.493 e. The van der Waals surface area contributed by atoms with E-state index >= 15 is 0 Å². The second-order valence-electron chi connectivity index (χ2n) is 9.82. The second kappa shape index (κ2) is 16.1. The summed E-state index contributed by atoms with van der Waals surface area (Å²) in [6.07, 6.45) is 10.9. The lowest BCUT2D eigenvalue weighted by molar-refractivity contribution is -0.137. The number of allylic oxidation sites excluding steroid dienone is 4. The minimum absolute atomic E-state index is 0.206. The van der Waals surface area contributed by atoms with Gasteiger partial charge in [-0.2, -0.15) is 0 Å². The lowest BCUT2D eigenvalue weighted by Crippen LogP contribution is -2.32. The maximum Gasteiger partial charge on any atom is 0.304 e. The van der Waals surface area contributed by atoms with Gasteiger partial charge in [0, 0.05) is 26.1 Å². The van der Waals surface area contributed by atoms with Crippen molar-refractivity contribution in [3.8, 4) is 5.75 Å². The summed E-state index contributed by atoms with van der Waals surface area (Å²) in [5.74, 6) is 0.604. The molecule has 1 aliphatic heterocycles. The molecule has 0 radical (unpaired) electrons. The summed E-state index contributed by atoms with van der Waals surface area (Å²) >= 11 is 0. The molecule has 0 fully saturated rings. The fraction of sp³-hybridized carbons (Fsp3) is 0.485. The van der Waals surface area contributed by atoms with Gasteiger partial charge in [-0.05, 0) is 79.0 Å². The summed E-state index contributed by atoms with van der Waals surface area (Å²) in [7, 11) is 0. The molecule has 0 saturated heterocycles. The third-order valence-corrected chi connectivity index (χ3v) is 6.74. The predicted octanol–water partition coefficient (Wildman–Crippen LogP) is 7.75. The first-order valence-corrected chi connectivity index (χ1v) is 14.0. The fourth-order valence-corrected chi connectivity index (χ4v) is 4.66. The third-order valence-electron chi connectivity index (χ3n) is 6.74. The SMILES string of the molecule is CC.CCc1cc(OCCc2ccc3c(c2)CCN(CCC(=O)O)C3)ccc1C(C)/C=C\CC=C(C)C. The fourth-order valence-electron chi connectivity index (χ4n) is 4.66. The maximum absolute atomic E-state index is 10.8. The number of carboxylic acid groups (broad SMARTS) is 1. The molecule has 2 aromatic rings. The number of aryl methyl sites for hydroxylation is 1. The van der Waals surface area contributed by atoms with Crippen LogP contribution in [0.4, 0.5) is 0 Å². The highest BCUT2D eigenvalue weighted by Gasteiger charge is 2.17. The zero-order valence-corrected chi connectivity index (χ0v) is 23.8. The van der Waals surface area contributed by atoms with Crippen LogP contribution in [-0.2, 0) is 30.6 Å². The quantitative estimate of drug-likeness (QED) is 0.300. The number of benzene rings is 2. The molecule has 1 atom stereocenters. The Labute approximate surface area is 225 Å². The van der Waals surface area contributed by atoms with Crippen LogP contribution in [-0.4, -0.2) is 35.7 Å². The van der Waals surface area contributed by atoms with Crippen molar-refractivity contribution in [2.75, 3.05) is 19.7 Å². The van der Waals surface area contributed by atoms with Crippen molar-refractivity contribution in [1.29, 1.82) is 0 Å². The van der Waals surface area contributed by atoms with Crippen molar-refractivity contribution in [3.05, 3.63) is 88.0 Å². The minimum Gasteiger partial charge on any atom is -0.493 e. The molecule has 37 heavy (non-hydrogen) atoms. The number of hydrogen-bond acceptors (Lipinski definition) is 3. The van der Waals surface area contributed by atoms with Crippen LogP contribution in [0.3, 0.4) is 0 Å². The normalized spacial score (nSPS) is 13.9. The average Bonchev–Trinajstić information content (AvgIpc) is 2.90. The highest BCUT2D eigenvalue weighted by Crippen LogP contribution is 2.27. The average molecular weight is 506 g/mol. The Morgan fingerprint density at radius 2 is 1.92 bits per heavy atom. The van der Waals surface area contributed by atoms with Crippen LogP contribution in [0.5, 0.6) is 5.75 Å². The lowest BCUT2D eigenvalue weighted by atomic mass is 9.93. The third kappa shape index (κ3) is 10.2. The van der Waals surface area contributed by atoms with E-state index < -0.39 is 5.97 Å². The zero-order valence-electron chi connectivity index (χ0n) is 23.8. The molecule has 4 nitrogen and oxygen atoms in total. The Bertz CT molecular complexity index is 1050. The van der Waals surface area contributed by atoms with Crippen LogP contribution in [0.2, 0.25) is 0 Å². The highest BCUT2D eigenvalue weighted by atomic mass is 16.5. The Kier molecular flexibility index (Phi) is 13.2. The van der Waals surface area contributed by atoms with Crippen LogP contribution in [0, 0.1) is 0 Å². The second-order valence-corrected chi connectivity index (χ2v) is 9.82. The van der Waals surface area contributed by atoms with Crippen molar-refractivity contribution in [1.82, 2.24) is 4.90 Å². The molecule has 4 heteroatoms. The van der Waals surface area contributed by atoms with Crippen LogP contribution in [0.25, 0.3) is 0 Å². The first-order valence-electron chi connectivity index (χ1n) is 14.0. The number of nitrogens with zero attached hydrogens (tertiary/aromatic N) is 1. The van der Waals surface area contributed by atoms with E-state index in [1.807, 2.05) is 13.8 Å². The van der Waals surface area contributed by atoms with Gasteiger partial charge in [-0.15, -0.1) is 0 Å². The molecule has 0 aromatic heterocycles. The zero-order chi connectivity index (χ0) is 27.2. The van der Waals surface area contributed by atoms with Crippen molar-refractivity contribution < 1.29 is 14.6 Å². The summed E-state index contributed by atoms with van der Waals surface area (Å²) in [6.45, 7) is 15.8. The summed E-state index contributed by atoms with van der Waals surface area (Å²) in [4.78, 5) is 13.1. The molecular formula is C33H47NO3. The topological polar surface area (TPSA) is 49.8 Å². The van der Waals surface area contributed by atoms with Crippen LogP contribution < -0.4 is 4.74 Å². The number of ether oxygens (including phenoxy) is 1. The number of carbonyl (C=O) groups is 1. The van der Waals surface area contributed by atoms with Gasteiger partial charge in [0.25, 0.3) is 0 Å². The molecule has 1 heterocycles. The van der Waals surface area contributed by atoms with Gasteiger partial charge in [0.2, 0.25) is 0 Å². The number of fused-ring (bicyclic) bond motifs is 1. The summed E-state index contributed by atoms with van der Waals surface area (Å²) in [5.41, 5.74) is 8.08. The molecule has 202 valence electrons. The molecule has 1 N–H and O–H groups in total. The molecule has 1 aliphatic rings. The molecule has 0 saturated carbocycles. The van der Waals surface area contributed by atoms with E-state index in [4.69, 9.17) is 9.84 Å². The van der Waals surface area contributed by atoms with E-state index in [1.54, 1.807) is 0 Å². The van der Waals surface area contributed by atoms with Crippen molar-refractivity contribution >= 4 is 5.97 Å². The molecule has 0 spiro atoms. The molecule has 2 aromatic carbocycles. The van der Waals surface area contributed by atoms with E-state index in [2.05, 4.69) is 87.2 Å². The standard InChI is InChI=1S/C31H41NO3.C2H6/c1-5-26-21-29(12-13-30(26)24(4)9-7-6-8-23(2)3)35-19-16-25-10-11-28-22-32(18-15-31(33)34)17-14-27(28)20-25;1-2/h7-13,20-21,24H,5-6,14-19,22H2,1-4H3,(H,33,34);1-2H3/b9-7-;. The number of carboxylic acids is 1. The Balaban J connectivity index is 0.00000235. The lowest BCUT2D eigenvalue weighted by Gasteiger charge is -2.28. The first-order chi connectivity index (χ1) is 17.9. The maximum atomic E-state index is 10.8. The van der Waals surface area contributed by atoms with E-state index in [-0.39, 0.29) is 6.42 Å². The molecule has 0 aliphatic carbocycles. The number of rotatable bonds is 12. The van der Waals surface area contributed by atoms with E-state index in [9.17, 15) is 4.79 Å². The first kappa shape index (κ1) is 30.4. The number of hydrogen-bond donors (Lipinski definition) is 1. The van der Waals surface area contributed by atoms with Gasteiger partial charge in [-0.1, -0.05) is 75.8 Å². The van der Waals surface area contributed by atoms with E-state index in [1.165, 1.54) is 33.4 Å². The van der Waals surface area contributed by atoms with Gasteiger partial charge < -0.3 is 9.84 Å². The summed E-state index contributed by atoms with van der Waals surface area (Å²) in [6, 6.07) is 13.2. The molecule has 0 bridgehead atoms. The van der Waals surface area contributed by atoms with Gasteiger partial charge in [-0.25, -0.2) is 0 Å². The summed E-state index contributed by atoms with van der Waals surface area (Å²) < 4.78 is 6.14. The van der Waals surface area contributed by atoms with Crippen LogP contribution in [0.15, 0.2) is 60.2 Å². The Morgan fingerprint density at radius 1 is 1.14 bits per heavy atom. The minimum atomic E-state index is -0.728. The van der Waals surface area contributed by atoms with Gasteiger partial charge >= 0.3 is 5.97 Å².